The molecule has 0 saturated carbocycles. The summed E-state index contributed by atoms with van der Waals surface area (Å²) < 4.78 is 1.28. The quantitative estimate of drug-likeness (QED) is 0.760. The summed E-state index contributed by atoms with van der Waals surface area (Å²) in [5, 5.41) is 9.56. The monoisotopic (exact) mass is 295 g/mol. The van der Waals surface area contributed by atoms with Crippen molar-refractivity contribution in [3.05, 3.63) is 73.6 Å². The summed E-state index contributed by atoms with van der Waals surface area (Å²) >= 11 is 1.34. The highest BCUT2D eigenvalue weighted by Gasteiger charge is 2.00. The first-order valence-electron chi connectivity index (χ1n) is 6.41. The zero-order chi connectivity index (χ0) is 14.8. The largest absolute Gasteiger partial charge is 0.508 e. The number of phenolic OH excluding ortho intramolecular Hbond substituents is 1. The fourth-order valence-electron chi connectivity index (χ4n) is 2.13. The van der Waals surface area contributed by atoms with Gasteiger partial charge in [0.2, 0.25) is 0 Å². The van der Waals surface area contributed by atoms with Crippen molar-refractivity contribution in [2.24, 2.45) is 0 Å². The Hall–Kier alpha value is -2.59. The molecule has 3 nitrogen and oxygen atoms in total. The van der Waals surface area contributed by atoms with Crippen LogP contribution in [0, 0.1) is 0 Å². The molecule has 21 heavy (non-hydrogen) atoms. The molecule has 1 heterocycles. The van der Waals surface area contributed by atoms with E-state index in [4.69, 9.17) is 0 Å². The maximum absolute atomic E-state index is 11.7. The van der Waals surface area contributed by atoms with Crippen molar-refractivity contribution >= 4 is 24.0 Å². The highest BCUT2D eigenvalue weighted by Crippen LogP contribution is 2.24. The van der Waals surface area contributed by atoms with Crippen molar-refractivity contribution in [1.29, 1.82) is 0 Å². The molecule has 0 amide bonds. The fraction of sp³-hybridized carbons (Fsp3) is 0. The molecule has 0 unspecified atom stereocenters. The van der Waals surface area contributed by atoms with E-state index in [-0.39, 0.29) is 11.3 Å². The highest BCUT2D eigenvalue weighted by molar-refractivity contribution is 7.07. The second-order valence-corrected chi connectivity index (χ2v) is 5.80. The van der Waals surface area contributed by atoms with Crippen LogP contribution in [-0.4, -0.2) is 10.1 Å². The Kier molecular flexibility index (Phi) is 3.46. The Morgan fingerprint density at radius 3 is 2.48 bits per heavy atom. The summed E-state index contributed by atoms with van der Waals surface area (Å²) in [7, 11) is 0. The van der Waals surface area contributed by atoms with Crippen LogP contribution in [0.5, 0.6) is 5.75 Å². The zero-order valence-corrected chi connectivity index (χ0v) is 12.0. The molecule has 4 heteroatoms. The number of phenols is 1. The van der Waals surface area contributed by atoms with Gasteiger partial charge in [-0.05, 0) is 41.0 Å². The molecule has 104 valence electrons. The van der Waals surface area contributed by atoms with Crippen molar-refractivity contribution in [2.45, 2.75) is 0 Å². The zero-order valence-electron chi connectivity index (χ0n) is 11.2. The lowest BCUT2D eigenvalue weighted by molar-refractivity contribution is 0.475. The molecule has 0 aliphatic heterocycles. The van der Waals surface area contributed by atoms with Gasteiger partial charge >= 0.3 is 0 Å². The van der Waals surface area contributed by atoms with Gasteiger partial charge < -0.3 is 10.1 Å². The van der Waals surface area contributed by atoms with Crippen molar-refractivity contribution < 1.29 is 5.11 Å². The molecular formula is C17H13NO2S. The lowest BCUT2D eigenvalue weighted by atomic mass is 10.0. The second kappa shape index (κ2) is 5.42. The number of H-pyrrole nitrogens is 1. The fourth-order valence-corrected chi connectivity index (χ4v) is 2.88. The van der Waals surface area contributed by atoms with E-state index in [9.17, 15) is 9.90 Å². The molecule has 0 radical (unpaired) electrons. The number of benzene rings is 2. The maximum Gasteiger partial charge on any atom is 0.266 e. The third-order valence-corrected chi connectivity index (χ3v) is 3.95. The highest BCUT2D eigenvalue weighted by atomic mass is 32.1. The third kappa shape index (κ3) is 2.95. The van der Waals surface area contributed by atoms with E-state index in [0.29, 0.717) is 9.20 Å². The summed E-state index contributed by atoms with van der Waals surface area (Å²) in [6.07, 6.45) is 1.84. The minimum Gasteiger partial charge on any atom is -0.508 e. The Morgan fingerprint density at radius 2 is 1.81 bits per heavy atom. The first kappa shape index (κ1) is 13.4. The van der Waals surface area contributed by atoms with Gasteiger partial charge in [-0.25, -0.2) is 0 Å². The molecule has 0 fully saturated rings. The van der Waals surface area contributed by atoms with Gasteiger partial charge in [0.05, 0.1) is 9.20 Å². The first-order chi connectivity index (χ1) is 10.1. The standard InChI is InChI=1S/C17H13NO2S/c1-11-18-17(20)16(21-11)9-12-4-2-5-13(8-12)14-6-3-7-15(19)10-14/h2-10,19H,1H2,(H,18,20)/b16-9-. The summed E-state index contributed by atoms with van der Waals surface area (Å²) in [5.74, 6) is 0.235. The molecule has 0 aliphatic carbocycles. The van der Waals surface area contributed by atoms with Crippen LogP contribution in [0.25, 0.3) is 23.8 Å². The van der Waals surface area contributed by atoms with Crippen LogP contribution < -0.4 is 14.8 Å². The van der Waals surface area contributed by atoms with Gasteiger partial charge in [-0.3, -0.25) is 4.79 Å². The van der Waals surface area contributed by atoms with Crippen LogP contribution in [-0.2, 0) is 0 Å². The van der Waals surface area contributed by atoms with E-state index in [1.807, 2.05) is 36.4 Å². The number of aromatic nitrogens is 1. The molecule has 1 aromatic heterocycles. The summed E-state index contributed by atoms with van der Waals surface area (Å²) in [4.78, 5) is 14.4. The molecular weight excluding hydrogens is 282 g/mol. The van der Waals surface area contributed by atoms with Crippen LogP contribution in [0.1, 0.15) is 5.56 Å². The van der Waals surface area contributed by atoms with Gasteiger partial charge in [0.15, 0.2) is 0 Å². The molecule has 0 atom stereocenters. The van der Waals surface area contributed by atoms with Crippen molar-refractivity contribution in [1.82, 2.24) is 4.98 Å². The number of rotatable bonds is 2. The topological polar surface area (TPSA) is 53.1 Å². The number of nitrogens with one attached hydrogen (secondary N) is 1. The van der Waals surface area contributed by atoms with Gasteiger partial charge in [-0.15, -0.1) is 11.3 Å². The van der Waals surface area contributed by atoms with E-state index in [0.717, 1.165) is 16.7 Å². The van der Waals surface area contributed by atoms with Gasteiger partial charge in [0, 0.05) is 0 Å². The van der Waals surface area contributed by atoms with Crippen molar-refractivity contribution in [3.8, 4) is 16.9 Å². The lowest BCUT2D eigenvalue weighted by Gasteiger charge is -2.03. The number of hydrogen-bond acceptors (Lipinski definition) is 3. The molecule has 0 bridgehead atoms. The van der Waals surface area contributed by atoms with E-state index in [1.54, 1.807) is 18.2 Å². The van der Waals surface area contributed by atoms with Gasteiger partial charge in [-0.2, -0.15) is 0 Å². The molecule has 2 N–H and O–H groups in total. The minimum atomic E-state index is -0.118. The summed E-state index contributed by atoms with van der Waals surface area (Å²) in [5.41, 5.74) is 2.74. The first-order valence-corrected chi connectivity index (χ1v) is 7.23. The average Bonchev–Trinajstić information content (AvgIpc) is 2.77. The van der Waals surface area contributed by atoms with Gasteiger partial charge in [0.25, 0.3) is 5.56 Å². The van der Waals surface area contributed by atoms with Crippen LogP contribution >= 0.6 is 11.3 Å². The Labute approximate surface area is 125 Å². The van der Waals surface area contributed by atoms with Crippen LogP contribution in [0.3, 0.4) is 0 Å². The molecule has 0 saturated heterocycles. The second-order valence-electron chi connectivity index (χ2n) is 4.66. The van der Waals surface area contributed by atoms with E-state index >= 15 is 0 Å². The van der Waals surface area contributed by atoms with E-state index < -0.39 is 0 Å². The van der Waals surface area contributed by atoms with Crippen molar-refractivity contribution in [3.63, 3.8) is 0 Å². The maximum atomic E-state index is 11.7. The Bertz CT molecular complexity index is 953. The van der Waals surface area contributed by atoms with Crippen LogP contribution in [0.15, 0.2) is 53.3 Å². The predicted octanol–water partition coefficient (Wildman–Crippen LogP) is 2.05. The number of hydrogen-bond donors (Lipinski definition) is 2. The summed E-state index contributed by atoms with van der Waals surface area (Å²) in [6, 6.07) is 14.9. The number of aromatic amines is 1. The van der Waals surface area contributed by atoms with E-state index in [2.05, 4.69) is 11.6 Å². The van der Waals surface area contributed by atoms with Gasteiger partial charge in [-0.1, -0.05) is 36.9 Å². The van der Waals surface area contributed by atoms with Gasteiger partial charge in [0.1, 0.15) is 5.75 Å². The number of thiazole rings is 1. The minimum absolute atomic E-state index is 0.118. The van der Waals surface area contributed by atoms with Crippen LogP contribution in [0.2, 0.25) is 0 Å². The van der Waals surface area contributed by atoms with E-state index in [1.165, 1.54) is 11.3 Å². The molecule has 3 rings (SSSR count). The summed E-state index contributed by atoms with van der Waals surface area (Å²) in [6.45, 7) is 3.73. The molecule has 3 aromatic rings. The Morgan fingerprint density at radius 1 is 1.10 bits per heavy atom. The predicted molar refractivity (Wildman–Crippen MR) is 86.8 cm³/mol. The molecule has 0 aliphatic rings. The molecule has 2 aromatic carbocycles. The smallest absolute Gasteiger partial charge is 0.266 e. The lowest BCUT2D eigenvalue weighted by Crippen LogP contribution is -2.19. The van der Waals surface area contributed by atoms with Crippen LogP contribution in [0.4, 0.5) is 0 Å². The Balaban J connectivity index is 2.09. The SMILES string of the molecule is C=c1[nH]c(=O)/c(=C/c2cccc(-c3cccc(O)c3)c2)s1. The number of aromatic hydroxyl groups is 1. The van der Waals surface area contributed by atoms with Crippen molar-refractivity contribution in [2.75, 3.05) is 0 Å². The third-order valence-electron chi connectivity index (χ3n) is 3.07. The molecule has 0 spiro atoms. The average molecular weight is 295 g/mol. The normalized spacial score (nSPS) is 11.7.